The number of unbranched alkanes of at least 4 members (excludes halogenated alkanes) is 14. The number of hydrogen-bond acceptors (Lipinski definition) is 3. The van der Waals surface area contributed by atoms with Crippen LogP contribution in [0.3, 0.4) is 0 Å². The molecular formula is C18H41AlO3Si. The molecule has 1 aliphatic rings. The third-order valence-corrected chi connectivity index (χ3v) is 5.29. The van der Waals surface area contributed by atoms with Gasteiger partial charge in [-0.15, -0.1) is 0 Å². The van der Waals surface area contributed by atoms with Gasteiger partial charge in [0.15, 0.2) is 27.8 Å². The zero-order chi connectivity index (χ0) is 15.9. The Labute approximate surface area is 157 Å². The lowest BCUT2D eigenvalue weighted by atomic mass is 10.0. The van der Waals surface area contributed by atoms with E-state index in [0.29, 0.717) is 10.5 Å². The average Bonchev–Trinajstić information content (AvgIpc) is 3.32. The van der Waals surface area contributed by atoms with Gasteiger partial charge in [-0.05, 0) is 6.42 Å². The molecule has 138 valence electrons. The van der Waals surface area contributed by atoms with E-state index in [1.165, 1.54) is 89.9 Å². The van der Waals surface area contributed by atoms with Crippen molar-refractivity contribution in [3.8, 4) is 0 Å². The van der Waals surface area contributed by atoms with Crippen LogP contribution in [0.4, 0.5) is 0 Å². The summed E-state index contributed by atoms with van der Waals surface area (Å²) in [5.74, 6) is -0.608. The largest absolute Gasteiger partial charge is 0.377 e. The topological polar surface area (TPSA) is 34.3 Å². The molecule has 0 aromatic heterocycles. The van der Waals surface area contributed by atoms with E-state index in [0.717, 1.165) is 12.8 Å². The van der Waals surface area contributed by atoms with E-state index in [4.69, 9.17) is 14.2 Å². The van der Waals surface area contributed by atoms with Crippen molar-refractivity contribution in [3.63, 3.8) is 0 Å². The molecule has 0 amide bonds. The van der Waals surface area contributed by atoms with Gasteiger partial charge in [-0.3, -0.25) is 0 Å². The molecule has 0 aromatic rings. The Morgan fingerprint density at radius 1 is 0.652 bits per heavy atom. The zero-order valence-electron chi connectivity index (χ0n) is 15.0. The molecule has 0 atom stereocenters. The summed E-state index contributed by atoms with van der Waals surface area (Å²) in [4.78, 5) is 9.75. The second kappa shape index (κ2) is 16.1. The Morgan fingerprint density at radius 3 is 1.30 bits per heavy atom. The molecule has 0 saturated carbocycles. The molecule has 23 heavy (non-hydrogen) atoms. The second-order valence-corrected chi connectivity index (χ2v) is 7.16. The molecule has 0 bridgehead atoms. The molecule has 1 saturated heterocycles. The Hall–Kier alpha value is 0.629. The number of hydrogen-bond donors (Lipinski definition) is 0. The first-order chi connectivity index (χ1) is 10.8. The van der Waals surface area contributed by atoms with Crippen LogP contribution in [0.1, 0.15) is 110 Å². The van der Waals surface area contributed by atoms with Gasteiger partial charge in [0.1, 0.15) is 0 Å². The molecule has 0 aliphatic carbocycles. The summed E-state index contributed by atoms with van der Waals surface area (Å²) in [5, 5.41) is 0. The van der Waals surface area contributed by atoms with E-state index in [2.05, 4.69) is 6.92 Å². The van der Waals surface area contributed by atoms with Gasteiger partial charge >= 0.3 is 5.97 Å². The minimum Gasteiger partial charge on any atom is -0.377 e. The van der Waals surface area contributed by atoms with E-state index < -0.39 is 5.97 Å². The quantitative estimate of drug-likeness (QED) is 0.170. The van der Waals surface area contributed by atoms with E-state index in [-0.39, 0.29) is 17.4 Å². The van der Waals surface area contributed by atoms with Crippen molar-refractivity contribution in [2.45, 2.75) is 116 Å². The summed E-state index contributed by atoms with van der Waals surface area (Å²) < 4.78 is 5.26. The van der Waals surface area contributed by atoms with E-state index in [9.17, 15) is 0 Å². The summed E-state index contributed by atoms with van der Waals surface area (Å²) >= 11 is 0. The summed E-state index contributed by atoms with van der Waals surface area (Å²) in [5.41, 5.74) is 0. The van der Waals surface area contributed by atoms with Gasteiger partial charge in [-0.25, -0.2) is 0 Å². The first-order valence-electron chi connectivity index (χ1n) is 9.75. The molecule has 3 nitrogen and oxygen atoms in total. The van der Waals surface area contributed by atoms with Gasteiger partial charge in [-0.1, -0.05) is 96.8 Å². The molecule has 0 unspecified atom stereocenters. The van der Waals surface area contributed by atoms with Gasteiger partial charge in [-0.2, -0.15) is 9.78 Å². The maximum atomic E-state index is 5.26. The summed E-state index contributed by atoms with van der Waals surface area (Å²) in [6.07, 6.45) is 21.8. The minimum atomic E-state index is -0.608. The lowest BCUT2D eigenvalue weighted by molar-refractivity contribution is 0.0570. The molecule has 0 aromatic carbocycles. The third-order valence-electron chi connectivity index (χ3n) is 4.67. The minimum absolute atomic E-state index is 0. The predicted molar refractivity (Wildman–Crippen MR) is 105 cm³/mol. The molecule has 5 heteroatoms. The molecule has 1 rings (SSSR count). The molecule has 1 heterocycles. The highest BCUT2D eigenvalue weighted by atomic mass is 28.2. The third kappa shape index (κ3) is 13.6. The Kier molecular flexibility index (Phi) is 16.6. The van der Waals surface area contributed by atoms with Crippen molar-refractivity contribution >= 4 is 27.8 Å². The molecule has 1 aliphatic heterocycles. The van der Waals surface area contributed by atoms with Crippen LogP contribution in [0, 0.1) is 0 Å². The monoisotopic (exact) mass is 360 g/mol. The van der Waals surface area contributed by atoms with Crippen LogP contribution in [0.15, 0.2) is 0 Å². The standard InChI is InChI=1S/C18H38O3Si.Al.3H/c1-2-3-4-5-6-7-8-9-10-11-12-13-14-15-16-17-18(21-22)19-20-18;;;;/h2-17H2,1,22H3;;;;. The highest BCUT2D eigenvalue weighted by Gasteiger charge is 2.48. The smallest absolute Gasteiger partial charge is 0.330 e. The van der Waals surface area contributed by atoms with Gasteiger partial charge in [0.2, 0.25) is 0 Å². The maximum absolute atomic E-state index is 5.26. The fourth-order valence-electron chi connectivity index (χ4n) is 3.01. The molecule has 0 radical (unpaired) electrons. The average molecular weight is 361 g/mol. The summed E-state index contributed by atoms with van der Waals surface area (Å²) in [6.45, 7) is 2.29. The van der Waals surface area contributed by atoms with Crippen LogP contribution < -0.4 is 0 Å². The lowest BCUT2D eigenvalue weighted by Crippen LogP contribution is -2.13. The maximum Gasteiger partial charge on any atom is 0.330 e. The SMILES string of the molecule is CCCCCCCCCCCCCCCCCC1(O[SiH3])OO1.[AlH3]. The van der Waals surface area contributed by atoms with Crippen molar-refractivity contribution in [2.24, 2.45) is 0 Å². The van der Waals surface area contributed by atoms with Gasteiger partial charge in [0, 0.05) is 6.42 Å². The lowest BCUT2D eigenvalue weighted by Gasteiger charge is -2.05. The van der Waals surface area contributed by atoms with E-state index >= 15 is 0 Å². The molecule has 0 spiro atoms. The normalized spacial score (nSPS) is 15.5. The molecule has 1 fully saturated rings. The summed E-state index contributed by atoms with van der Waals surface area (Å²) in [6, 6.07) is 0. The van der Waals surface area contributed by atoms with Crippen LogP contribution in [0.25, 0.3) is 0 Å². The van der Waals surface area contributed by atoms with Crippen LogP contribution in [0.5, 0.6) is 0 Å². The zero-order valence-corrected chi connectivity index (χ0v) is 17.0. The second-order valence-electron chi connectivity index (χ2n) is 6.75. The highest BCUT2D eigenvalue weighted by Crippen LogP contribution is 2.35. The van der Waals surface area contributed by atoms with Crippen LogP contribution >= 0.6 is 0 Å². The van der Waals surface area contributed by atoms with Crippen LogP contribution in [0.2, 0.25) is 0 Å². The summed E-state index contributed by atoms with van der Waals surface area (Å²) in [7, 11) is 0.681. The molecule has 0 N–H and O–H groups in total. The van der Waals surface area contributed by atoms with Crippen LogP contribution in [-0.2, 0) is 14.2 Å². The van der Waals surface area contributed by atoms with Crippen molar-refractivity contribution in [1.82, 2.24) is 0 Å². The van der Waals surface area contributed by atoms with Crippen molar-refractivity contribution in [2.75, 3.05) is 0 Å². The van der Waals surface area contributed by atoms with E-state index in [1.54, 1.807) is 0 Å². The highest BCUT2D eigenvalue weighted by molar-refractivity contribution is 5.98. The van der Waals surface area contributed by atoms with Gasteiger partial charge in [0.05, 0.1) is 0 Å². The number of rotatable bonds is 17. The fraction of sp³-hybridized carbons (Fsp3) is 1.00. The predicted octanol–water partition coefficient (Wildman–Crippen LogP) is 3.98. The van der Waals surface area contributed by atoms with Crippen LogP contribution in [-0.4, -0.2) is 33.8 Å². The first kappa shape index (κ1) is 23.6. The first-order valence-corrected chi connectivity index (χ1v) is 10.6. The van der Waals surface area contributed by atoms with Gasteiger partial charge in [0.25, 0.3) is 0 Å². The Bertz CT molecular complexity index is 250. The van der Waals surface area contributed by atoms with E-state index in [1.807, 2.05) is 0 Å². The van der Waals surface area contributed by atoms with Crippen molar-refractivity contribution in [1.29, 1.82) is 0 Å². The van der Waals surface area contributed by atoms with Gasteiger partial charge < -0.3 is 4.43 Å². The Balaban J connectivity index is 0.00000484. The van der Waals surface area contributed by atoms with Crippen molar-refractivity contribution in [3.05, 3.63) is 0 Å². The fourth-order valence-corrected chi connectivity index (χ4v) is 3.35. The Morgan fingerprint density at radius 2 is 1.00 bits per heavy atom. The molecular weight excluding hydrogens is 319 g/mol. The van der Waals surface area contributed by atoms with Crippen molar-refractivity contribution < 1.29 is 14.2 Å².